The molecule has 1 fully saturated rings. The maximum absolute atomic E-state index is 13.1. The second-order valence-corrected chi connectivity index (χ2v) is 5.34. The summed E-state index contributed by atoms with van der Waals surface area (Å²) in [6.45, 7) is -0.894. The molecule has 0 saturated carbocycles. The summed E-state index contributed by atoms with van der Waals surface area (Å²) in [6, 6.07) is 3.81. The number of benzene rings is 1. The summed E-state index contributed by atoms with van der Waals surface area (Å²) in [5, 5.41) is 2.39. The van der Waals surface area contributed by atoms with Crippen LogP contribution in [-0.4, -0.2) is 36.4 Å². The molecule has 22 heavy (non-hydrogen) atoms. The van der Waals surface area contributed by atoms with Crippen LogP contribution in [0.4, 0.5) is 22.0 Å². The molecule has 3 nitrogen and oxygen atoms in total. The molecular weight excluding hydrogens is 307 g/mol. The van der Waals surface area contributed by atoms with E-state index in [1.807, 2.05) is 0 Å². The van der Waals surface area contributed by atoms with Crippen molar-refractivity contribution in [3.05, 3.63) is 35.4 Å². The second kappa shape index (κ2) is 5.83. The standard InChI is InChI=1S/C14H15F5N2O/c1-21(12(22)11-6-13(15,16)8-20-11)7-9-4-2-3-5-10(9)14(17,18)19/h2-5,11,20H,6-8H2,1H3. The highest BCUT2D eigenvalue weighted by Crippen LogP contribution is 2.32. The van der Waals surface area contributed by atoms with Crippen molar-refractivity contribution < 1.29 is 26.7 Å². The van der Waals surface area contributed by atoms with E-state index >= 15 is 0 Å². The van der Waals surface area contributed by atoms with Gasteiger partial charge in [-0.25, -0.2) is 8.78 Å². The number of rotatable bonds is 3. The van der Waals surface area contributed by atoms with Crippen molar-refractivity contribution >= 4 is 5.91 Å². The molecule has 122 valence electrons. The van der Waals surface area contributed by atoms with Crippen LogP contribution in [0.1, 0.15) is 17.5 Å². The zero-order chi connectivity index (χ0) is 16.5. The summed E-state index contributed by atoms with van der Waals surface area (Å²) in [5.41, 5.74) is -0.907. The Morgan fingerprint density at radius 1 is 1.36 bits per heavy atom. The van der Waals surface area contributed by atoms with Crippen molar-refractivity contribution in [3.8, 4) is 0 Å². The molecule has 0 aliphatic carbocycles. The van der Waals surface area contributed by atoms with Gasteiger partial charge in [-0.1, -0.05) is 18.2 Å². The van der Waals surface area contributed by atoms with E-state index in [4.69, 9.17) is 0 Å². The number of halogens is 5. The number of carbonyl (C=O) groups is 1. The number of hydrogen-bond acceptors (Lipinski definition) is 2. The van der Waals surface area contributed by atoms with Crippen molar-refractivity contribution in [1.82, 2.24) is 10.2 Å². The number of alkyl halides is 5. The molecule has 1 aliphatic rings. The van der Waals surface area contributed by atoms with E-state index < -0.39 is 42.6 Å². The fourth-order valence-corrected chi connectivity index (χ4v) is 2.42. The van der Waals surface area contributed by atoms with E-state index in [-0.39, 0.29) is 12.1 Å². The smallest absolute Gasteiger partial charge is 0.340 e. The molecule has 1 saturated heterocycles. The van der Waals surface area contributed by atoms with Crippen LogP contribution in [0, 0.1) is 0 Å². The Bertz CT molecular complexity index is 558. The predicted molar refractivity (Wildman–Crippen MR) is 69.3 cm³/mol. The third kappa shape index (κ3) is 3.73. The molecule has 0 bridgehead atoms. The summed E-state index contributed by atoms with van der Waals surface area (Å²) in [5.74, 6) is -3.61. The van der Waals surface area contributed by atoms with E-state index in [0.29, 0.717) is 0 Å². The largest absolute Gasteiger partial charge is 0.416 e. The van der Waals surface area contributed by atoms with Gasteiger partial charge in [0.05, 0.1) is 18.2 Å². The summed E-state index contributed by atoms with van der Waals surface area (Å²) < 4.78 is 64.8. The van der Waals surface area contributed by atoms with Crippen LogP contribution < -0.4 is 5.32 Å². The molecule has 1 amide bonds. The number of nitrogens with zero attached hydrogens (tertiary/aromatic N) is 1. The average Bonchev–Trinajstić information content (AvgIpc) is 2.77. The highest BCUT2D eigenvalue weighted by molar-refractivity contribution is 5.82. The lowest BCUT2D eigenvalue weighted by molar-refractivity contribution is -0.140. The Labute approximate surface area is 124 Å². The van der Waals surface area contributed by atoms with Crippen LogP contribution >= 0.6 is 0 Å². The van der Waals surface area contributed by atoms with E-state index in [2.05, 4.69) is 5.32 Å². The molecule has 8 heteroatoms. The van der Waals surface area contributed by atoms with Crippen molar-refractivity contribution in [2.45, 2.75) is 31.1 Å². The Morgan fingerprint density at radius 3 is 2.55 bits per heavy atom. The zero-order valence-electron chi connectivity index (χ0n) is 11.8. The van der Waals surface area contributed by atoms with E-state index in [0.717, 1.165) is 11.0 Å². The predicted octanol–water partition coefficient (Wildman–Crippen LogP) is 2.66. The molecule has 1 aliphatic heterocycles. The van der Waals surface area contributed by atoms with Crippen LogP contribution in [0.5, 0.6) is 0 Å². The summed E-state index contributed by atoms with van der Waals surface area (Å²) in [4.78, 5) is 13.1. The van der Waals surface area contributed by atoms with Crippen molar-refractivity contribution in [2.24, 2.45) is 0 Å². The molecule has 0 radical (unpaired) electrons. The summed E-state index contributed by atoms with van der Waals surface area (Å²) >= 11 is 0. The molecule has 0 spiro atoms. The van der Waals surface area contributed by atoms with Gasteiger partial charge in [-0.3, -0.25) is 10.1 Å². The first-order valence-corrected chi connectivity index (χ1v) is 6.61. The van der Waals surface area contributed by atoms with Gasteiger partial charge in [0.15, 0.2) is 0 Å². The fraction of sp³-hybridized carbons (Fsp3) is 0.500. The van der Waals surface area contributed by atoms with E-state index in [1.54, 1.807) is 0 Å². The third-order valence-corrected chi connectivity index (χ3v) is 3.51. The number of carbonyl (C=O) groups excluding carboxylic acids is 1. The van der Waals surface area contributed by atoms with E-state index in [1.165, 1.54) is 25.2 Å². The molecular formula is C14H15F5N2O. The van der Waals surface area contributed by atoms with Gasteiger partial charge in [0, 0.05) is 20.0 Å². The minimum Gasteiger partial charge on any atom is -0.340 e. The van der Waals surface area contributed by atoms with Gasteiger partial charge in [-0.15, -0.1) is 0 Å². The second-order valence-electron chi connectivity index (χ2n) is 5.34. The first kappa shape index (κ1) is 16.7. The minimum atomic E-state index is -4.53. The Balaban J connectivity index is 2.10. The van der Waals surface area contributed by atoms with Crippen LogP contribution in [0.25, 0.3) is 0 Å². The Hall–Kier alpha value is -1.70. The number of nitrogens with one attached hydrogen (secondary N) is 1. The molecule has 1 N–H and O–H groups in total. The van der Waals surface area contributed by atoms with Crippen LogP contribution in [0.3, 0.4) is 0 Å². The number of amides is 1. The van der Waals surface area contributed by atoms with Crippen molar-refractivity contribution in [3.63, 3.8) is 0 Å². The van der Waals surface area contributed by atoms with Crippen LogP contribution in [0.15, 0.2) is 24.3 Å². The van der Waals surface area contributed by atoms with Gasteiger partial charge in [-0.05, 0) is 11.6 Å². The Kier molecular flexibility index (Phi) is 4.42. The van der Waals surface area contributed by atoms with Crippen LogP contribution in [-0.2, 0) is 17.5 Å². The van der Waals surface area contributed by atoms with Crippen molar-refractivity contribution in [2.75, 3.05) is 13.6 Å². The van der Waals surface area contributed by atoms with Gasteiger partial charge in [0.2, 0.25) is 5.91 Å². The molecule has 0 aromatic heterocycles. The number of likely N-dealkylation sites (N-methyl/N-ethyl adjacent to an activating group) is 1. The maximum atomic E-state index is 13.1. The topological polar surface area (TPSA) is 32.3 Å². The molecule has 1 aromatic rings. The van der Waals surface area contributed by atoms with Gasteiger partial charge >= 0.3 is 6.18 Å². The zero-order valence-corrected chi connectivity index (χ0v) is 11.8. The van der Waals surface area contributed by atoms with Crippen LogP contribution in [0.2, 0.25) is 0 Å². The van der Waals surface area contributed by atoms with Gasteiger partial charge in [0.1, 0.15) is 0 Å². The molecule has 1 atom stereocenters. The normalized spacial score (nSPS) is 20.9. The third-order valence-electron chi connectivity index (χ3n) is 3.51. The molecule has 1 heterocycles. The molecule has 1 unspecified atom stereocenters. The quantitative estimate of drug-likeness (QED) is 0.868. The minimum absolute atomic E-state index is 0.0735. The van der Waals surface area contributed by atoms with Crippen molar-refractivity contribution in [1.29, 1.82) is 0 Å². The van der Waals surface area contributed by atoms with Gasteiger partial charge in [-0.2, -0.15) is 13.2 Å². The number of hydrogen-bond donors (Lipinski definition) is 1. The molecule has 2 rings (SSSR count). The monoisotopic (exact) mass is 322 g/mol. The lowest BCUT2D eigenvalue weighted by Crippen LogP contribution is -2.41. The lowest BCUT2D eigenvalue weighted by Gasteiger charge is -2.23. The Morgan fingerprint density at radius 2 is 2.00 bits per heavy atom. The average molecular weight is 322 g/mol. The first-order chi connectivity index (χ1) is 10.1. The molecule has 1 aromatic carbocycles. The lowest BCUT2D eigenvalue weighted by atomic mass is 10.1. The van der Waals surface area contributed by atoms with Gasteiger partial charge in [0.25, 0.3) is 5.92 Å². The summed E-state index contributed by atoms with van der Waals surface area (Å²) in [6.07, 6.45) is -5.17. The van der Waals surface area contributed by atoms with E-state index in [9.17, 15) is 26.7 Å². The van der Waals surface area contributed by atoms with Gasteiger partial charge < -0.3 is 4.90 Å². The SMILES string of the molecule is CN(Cc1ccccc1C(F)(F)F)C(=O)C1CC(F)(F)CN1. The fourth-order valence-electron chi connectivity index (χ4n) is 2.42. The highest BCUT2D eigenvalue weighted by atomic mass is 19.4. The highest BCUT2D eigenvalue weighted by Gasteiger charge is 2.43. The first-order valence-electron chi connectivity index (χ1n) is 6.61. The summed E-state index contributed by atoms with van der Waals surface area (Å²) in [7, 11) is 1.30. The maximum Gasteiger partial charge on any atom is 0.416 e.